The quantitative estimate of drug-likeness (QED) is 0.403. The Kier molecular flexibility index (Phi) is 6.36. The molecule has 0 unspecified atom stereocenters. The van der Waals surface area contributed by atoms with Gasteiger partial charge in [-0.1, -0.05) is 59.6 Å². The fourth-order valence-electron chi connectivity index (χ4n) is 1.79. The largest absolute Gasteiger partial charge is 0.296 e. The van der Waals surface area contributed by atoms with Crippen LogP contribution in [0.1, 0.15) is 23.7 Å². The number of nitrogens with zero attached hydrogens (tertiary/aromatic N) is 4. The van der Waals surface area contributed by atoms with Gasteiger partial charge in [0, 0.05) is 11.3 Å². The lowest BCUT2D eigenvalue weighted by Crippen LogP contribution is -2.12. The van der Waals surface area contributed by atoms with Crippen LogP contribution < -0.4 is 10.0 Å². The van der Waals surface area contributed by atoms with Crippen molar-refractivity contribution >= 4 is 60.6 Å². The van der Waals surface area contributed by atoms with Crippen LogP contribution in [0.2, 0.25) is 0 Å². The van der Waals surface area contributed by atoms with Gasteiger partial charge in [-0.15, -0.1) is 20.4 Å². The fraction of sp³-hybridized carbons (Fsp3) is 0.214. The van der Waals surface area contributed by atoms with Gasteiger partial charge in [0.1, 0.15) is 0 Å². The van der Waals surface area contributed by atoms with Gasteiger partial charge in [-0.2, -0.15) is 8.42 Å². The highest BCUT2D eigenvalue weighted by Gasteiger charge is 2.23. The predicted octanol–water partition coefficient (Wildman–Crippen LogP) is 2.94. The Morgan fingerprint density at radius 1 is 1.07 bits per heavy atom. The molecule has 9 nitrogen and oxygen atoms in total. The molecule has 13 heteroatoms. The molecule has 1 aromatic carbocycles. The minimum absolute atomic E-state index is 0.0840. The van der Waals surface area contributed by atoms with E-state index in [2.05, 4.69) is 30.4 Å². The lowest BCUT2D eigenvalue weighted by Gasteiger charge is -2.00. The van der Waals surface area contributed by atoms with E-state index in [4.69, 9.17) is 0 Å². The van der Waals surface area contributed by atoms with Crippen molar-refractivity contribution < 1.29 is 13.2 Å². The summed E-state index contributed by atoms with van der Waals surface area (Å²) < 4.78 is 27.6. The second-order valence-corrected chi connectivity index (χ2v) is 10.2. The lowest BCUT2D eigenvalue weighted by atomic mass is 10.2. The summed E-state index contributed by atoms with van der Waals surface area (Å²) in [4.78, 5) is 12.1. The summed E-state index contributed by atoms with van der Waals surface area (Å²) in [5.41, 5.74) is 0.432. The second-order valence-electron chi connectivity index (χ2n) is 5.02. The van der Waals surface area contributed by atoms with E-state index >= 15 is 0 Å². The summed E-state index contributed by atoms with van der Waals surface area (Å²) >= 11 is 3.40. The molecule has 0 fully saturated rings. The van der Waals surface area contributed by atoms with Gasteiger partial charge < -0.3 is 0 Å². The molecule has 27 heavy (non-hydrogen) atoms. The van der Waals surface area contributed by atoms with Gasteiger partial charge in [0.2, 0.25) is 10.3 Å². The highest BCUT2D eigenvalue weighted by atomic mass is 32.2. The van der Waals surface area contributed by atoms with Crippen molar-refractivity contribution in [3.8, 4) is 0 Å². The number of carbonyl (C=O) groups excluding carboxylic acids is 1. The molecule has 0 bridgehead atoms. The molecule has 1 amide bonds. The van der Waals surface area contributed by atoms with Crippen LogP contribution in [-0.2, 0) is 10.0 Å². The van der Waals surface area contributed by atoms with Crippen LogP contribution in [0.4, 0.5) is 10.3 Å². The highest BCUT2D eigenvalue weighted by molar-refractivity contribution is 8.01. The number of carbonyl (C=O) groups is 1. The average Bonchev–Trinajstić information content (AvgIpc) is 3.30. The maximum Gasteiger partial charge on any atom is 0.293 e. The summed E-state index contributed by atoms with van der Waals surface area (Å²) in [5, 5.41) is 17.9. The van der Waals surface area contributed by atoms with Crippen molar-refractivity contribution in [1.82, 2.24) is 20.4 Å². The molecule has 3 rings (SSSR count). The van der Waals surface area contributed by atoms with Crippen molar-refractivity contribution in [3.63, 3.8) is 0 Å². The van der Waals surface area contributed by atoms with E-state index in [0.29, 0.717) is 9.90 Å². The molecule has 0 saturated carbocycles. The lowest BCUT2D eigenvalue weighted by molar-refractivity contribution is 0.102. The van der Waals surface area contributed by atoms with Gasteiger partial charge in [0.25, 0.3) is 20.3 Å². The Morgan fingerprint density at radius 2 is 1.81 bits per heavy atom. The summed E-state index contributed by atoms with van der Waals surface area (Å²) in [7, 11) is -3.96. The first-order chi connectivity index (χ1) is 13.0. The van der Waals surface area contributed by atoms with Crippen LogP contribution in [0.15, 0.2) is 39.0 Å². The minimum Gasteiger partial charge on any atom is -0.296 e. The SMILES string of the molecule is CCCSc1nnc(NS(=O)(=O)c2nnc(NC(=O)c3ccccc3)s2)s1. The summed E-state index contributed by atoms with van der Waals surface area (Å²) in [6.45, 7) is 2.04. The normalized spacial score (nSPS) is 11.3. The number of benzene rings is 1. The number of nitrogens with one attached hydrogen (secondary N) is 2. The zero-order chi connectivity index (χ0) is 19.3. The number of aromatic nitrogens is 4. The van der Waals surface area contributed by atoms with Crippen molar-refractivity contribution in [2.75, 3.05) is 15.8 Å². The molecule has 2 aromatic heterocycles. The fourth-order valence-corrected chi connectivity index (χ4v) is 5.59. The van der Waals surface area contributed by atoms with Crippen LogP contribution in [0.25, 0.3) is 0 Å². The van der Waals surface area contributed by atoms with Crippen LogP contribution in [0.3, 0.4) is 0 Å². The number of thioether (sulfide) groups is 1. The number of rotatable bonds is 8. The third kappa shape index (κ3) is 5.22. The zero-order valence-electron chi connectivity index (χ0n) is 13.9. The Labute approximate surface area is 167 Å². The molecule has 3 aromatic rings. The Morgan fingerprint density at radius 3 is 2.56 bits per heavy atom. The molecular weight excluding hydrogens is 428 g/mol. The summed E-state index contributed by atoms with van der Waals surface area (Å²) in [6, 6.07) is 8.52. The summed E-state index contributed by atoms with van der Waals surface area (Å²) in [5.74, 6) is 0.479. The molecule has 0 aliphatic carbocycles. The van der Waals surface area contributed by atoms with Gasteiger partial charge in [-0.05, 0) is 18.6 Å². The Balaban J connectivity index is 1.67. The van der Waals surface area contributed by atoms with Crippen LogP contribution in [-0.4, -0.2) is 40.5 Å². The Hall–Kier alpha value is -2.09. The molecule has 2 heterocycles. The molecule has 0 radical (unpaired) electrons. The summed E-state index contributed by atoms with van der Waals surface area (Å²) in [6.07, 6.45) is 0.980. The van der Waals surface area contributed by atoms with Crippen LogP contribution in [0.5, 0.6) is 0 Å². The second kappa shape index (κ2) is 8.73. The first-order valence-electron chi connectivity index (χ1n) is 7.67. The van der Waals surface area contributed by atoms with E-state index in [9.17, 15) is 13.2 Å². The first kappa shape index (κ1) is 19.7. The van der Waals surface area contributed by atoms with Crippen molar-refractivity contribution in [1.29, 1.82) is 0 Å². The number of anilines is 2. The van der Waals surface area contributed by atoms with E-state index in [-0.39, 0.29) is 14.6 Å². The van der Waals surface area contributed by atoms with Gasteiger partial charge in [0.05, 0.1) is 0 Å². The number of sulfonamides is 1. The van der Waals surface area contributed by atoms with E-state index in [1.807, 2.05) is 6.92 Å². The number of amides is 1. The molecule has 0 atom stereocenters. The average molecular weight is 443 g/mol. The predicted molar refractivity (Wildman–Crippen MR) is 106 cm³/mol. The molecular formula is C14H14N6O3S4. The first-order valence-corrected chi connectivity index (χ1v) is 11.8. The molecule has 0 aliphatic heterocycles. The zero-order valence-corrected chi connectivity index (χ0v) is 17.2. The molecule has 0 aliphatic rings. The van der Waals surface area contributed by atoms with E-state index in [1.54, 1.807) is 30.3 Å². The third-order valence-corrected chi connectivity index (χ3v) is 7.80. The van der Waals surface area contributed by atoms with Crippen molar-refractivity contribution in [2.45, 2.75) is 22.0 Å². The van der Waals surface area contributed by atoms with Crippen molar-refractivity contribution in [2.24, 2.45) is 0 Å². The number of hydrogen-bond donors (Lipinski definition) is 2. The topological polar surface area (TPSA) is 127 Å². The minimum atomic E-state index is -3.96. The Bertz CT molecular complexity index is 1020. The highest BCUT2D eigenvalue weighted by Crippen LogP contribution is 2.28. The molecule has 0 saturated heterocycles. The van der Waals surface area contributed by atoms with Crippen molar-refractivity contribution in [3.05, 3.63) is 35.9 Å². The third-order valence-electron chi connectivity index (χ3n) is 2.95. The van der Waals surface area contributed by atoms with Gasteiger partial charge in [0.15, 0.2) is 4.34 Å². The molecule has 0 spiro atoms. The molecule has 2 N–H and O–H groups in total. The van der Waals surface area contributed by atoms with E-state index in [1.165, 1.54) is 11.8 Å². The van der Waals surface area contributed by atoms with Gasteiger partial charge in [-0.3, -0.25) is 14.8 Å². The van der Waals surface area contributed by atoms with Gasteiger partial charge >= 0.3 is 0 Å². The molecule has 142 valence electrons. The van der Waals surface area contributed by atoms with Crippen LogP contribution >= 0.6 is 34.4 Å². The maximum absolute atomic E-state index is 12.4. The standard InChI is InChI=1S/C14H14N6O3S4/c1-2-8-24-13-18-17-12(25-13)20-27(22,23)14-19-16-11(26-14)15-10(21)9-6-4-3-5-7-9/h3-7H,2,8H2,1H3,(H,17,20)(H,15,16,21). The smallest absolute Gasteiger partial charge is 0.293 e. The van der Waals surface area contributed by atoms with E-state index < -0.39 is 15.9 Å². The monoisotopic (exact) mass is 442 g/mol. The maximum atomic E-state index is 12.4. The van der Waals surface area contributed by atoms with E-state index in [0.717, 1.165) is 34.8 Å². The van der Waals surface area contributed by atoms with Gasteiger partial charge in [-0.25, -0.2) is 0 Å². The number of hydrogen-bond acceptors (Lipinski definition) is 10. The van der Waals surface area contributed by atoms with Crippen LogP contribution in [0, 0.1) is 0 Å².